The van der Waals surface area contributed by atoms with Crippen molar-refractivity contribution >= 4 is 107 Å². The zero-order valence-corrected chi connectivity index (χ0v) is 51.6. The van der Waals surface area contributed by atoms with Gasteiger partial charge in [-0.2, -0.15) is 46.7 Å². The van der Waals surface area contributed by atoms with E-state index in [9.17, 15) is 79.2 Å². The highest BCUT2D eigenvalue weighted by atomic mass is 32.2. The summed E-state index contributed by atoms with van der Waals surface area (Å²) in [5, 5.41) is 0.477. The van der Waals surface area contributed by atoms with E-state index in [1.54, 1.807) is 61.6 Å². The number of carbonyl (C=O) groups is 3. The van der Waals surface area contributed by atoms with E-state index < -0.39 is 105 Å². The molecule has 32 heteroatoms. The Bertz CT molecular complexity index is 4090. The van der Waals surface area contributed by atoms with E-state index in [0.29, 0.717) is 51.1 Å². The number of hydrogen-bond acceptors (Lipinski definition) is 20. The number of carbonyl (C=O) groups excluding carboxylic acids is 3. The minimum Gasteiger partial charge on any atom is -0.383 e. The average molecular weight is 1310 g/mol. The Hall–Kier alpha value is -6.21. The van der Waals surface area contributed by atoms with E-state index in [2.05, 4.69) is 0 Å². The maximum atomic E-state index is 12.7. The molecular formula is C55H66N3O24S5+. The Morgan fingerprint density at radius 3 is 1.64 bits per heavy atom. The maximum Gasteiger partial charge on any atom is 0.335 e. The van der Waals surface area contributed by atoms with Gasteiger partial charge in [0.25, 0.3) is 62.4 Å². The van der Waals surface area contributed by atoms with Crippen molar-refractivity contribution in [3.05, 3.63) is 108 Å². The van der Waals surface area contributed by atoms with Crippen LogP contribution in [0.2, 0.25) is 0 Å². The first-order valence-corrected chi connectivity index (χ1v) is 34.2. The second kappa shape index (κ2) is 27.7. The Kier molecular flexibility index (Phi) is 21.7. The summed E-state index contributed by atoms with van der Waals surface area (Å²) in [6.07, 6.45) is 11.5. The van der Waals surface area contributed by atoms with Crippen LogP contribution < -0.4 is 4.90 Å². The number of benzene rings is 4. The molecule has 3 heterocycles. The minimum absolute atomic E-state index is 0.00880. The van der Waals surface area contributed by atoms with E-state index in [4.69, 9.17) is 28.5 Å². The van der Waals surface area contributed by atoms with Crippen molar-refractivity contribution in [3.8, 4) is 0 Å². The zero-order chi connectivity index (χ0) is 63.9. The Morgan fingerprint density at radius 2 is 1.11 bits per heavy atom. The quantitative estimate of drug-likeness (QED) is 0.0144. The van der Waals surface area contributed by atoms with Gasteiger partial charge in [-0.1, -0.05) is 36.4 Å². The molecular weight excluding hydrogens is 1250 g/mol. The fraction of sp³-hybridized carbons (Fsp3) is 0.418. The standard InChI is InChI=1S/C55H65N3O24S5/c1-54(2)47(11-8-6-5-7-9-12-48-55(3,20-10-32-83(62,63)64)53-42-34-38(85(68,69)70)36-46(87(74,75)76)40(42)14-16-44(53)57(48)21-24-77-4)56(43-15-13-39-41(52(43)54)33-37(84(65,66)67)35-45(39)86(71,72)73)22-25-79-27-29-81-31-30-80-28-26-78-23-19-51(61)82-58-49(59)17-18-50(58)60/h5-9,11-16,33-36H,10,17-32H2,1-4H3,(H4-,62,63,64,65,66,67,68,69,70,71,72,73,74,75,76)/p+1. The first-order chi connectivity index (χ1) is 40.7. The Balaban J connectivity index is 1.11. The summed E-state index contributed by atoms with van der Waals surface area (Å²) >= 11 is 0. The molecule has 4 aromatic rings. The molecule has 4 aromatic carbocycles. The van der Waals surface area contributed by atoms with Crippen LogP contribution in [0.15, 0.2) is 116 Å². The van der Waals surface area contributed by atoms with Crippen LogP contribution in [-0.4, -0.2) is 183 Å². The average Bonchev–Trinajstić information content (AvgIpc) is 1.62. The summed E-state index contributed by atoms with van der Waals surface area (Å²) in [5.41, 5.74) is 0.610. The van der Waals surface area contributed by atoms with Gasteiger partial charge in [-0.05, 0) is 92.4 Å². The van der Waals surface area contributed by atoms with E-state index in [1.807, 2.05) is 23.3 Å². The molecule has 87 heavy (non-hydrogen) atoms. The summed E-state index contributed by atoms with van der Waals surface area (Å²) in [7, 11) is -23.2. The van der Waals surface area contributed by atoms with Crippen molar-refractivity contribution in [1.82, 2.24) is 5.06 Å². The number of anilines is 1. The second-order valence-corrected chi connectivity index (χ2v) is 28.0. The predicted molar refractivity (Wildman–Crippen MR) is 313 cm³/mol. The monoisotopic (exact) mass is 1310 g/mol. The number of hydroxylamine groups is 2. The van der Waals surface area contributed by atoms with Gasteiger partial charge in [0, 0.05) is 71.8 Å². The first-order valence-electron chi connectivity index (χ1n) is 26.8. The van der Waals surface area contributed by atoms with E-state index in [0.717, 1.165) is 12.1 Å². The smallest absolute Gasteiger partial charge is 0.335 e. The number of allylic oxidation sites excluding steroid dienone is 8. The summed E-state index contributed by atoms with van der Waals surface area (Å²) < 4.78 is 205. The highest BCUT2D eigenvalue weighted by Gasteiger charge is 2.47. The third-order valence-corrected chi connectivity index (χ3v) is 18.8. The van der Waals surface area contributed by atoms with Crippen LogP contribution in [-0.2, 0) is 104 Å². The van der Waals surface area contributed by atoms with Crippen LogP contribution in [0, 0.1) is 0 Å². The lowest BCUT2D eigenvalue weighted by molar-refractivity contribution is -0.442. The van der Waals surface area contributed by atoms with Crippen LogP contribution in [0.1, 0.15) is 64.0 Å². The molecule has 1 atom stereocenters. The number of fused-ring (bicyclic) bond motifs is 6. The number of methoxy groups -OCH3 is 1. The SMILES string of the molecule is COCCN1C(=CC=CC=CC=CC2=[N+](CCOCCOCCOCCOCCC(=O)ON3C(=O)CCC3=O)c3ccc4c(S(=O)(=O)O)cc(S(=O)(=O)O)cc4c3C2(C)C)C(C)(CCCS(=O)(=O)O)c2c1ccc1c(S(=O)(=O)O)cc(S(=O)(=O)O)cc21. The van der Waals surface area contributed by atoms with Gasteiger partial charge in [-0.3, -0.25) is 32.4 Å². The number of hydrogen-bond donors (Lipinski definition) is 5. The topological polar surface area (TPSA) is 388 Å². The molecule has 1 fully saturated rings. The van der Waals surface area contributed by atoms with Crippen molar-refractivity contribution < 1.29 is 112 Å². The van der Waals surface area contributed by atoms with Crippen molar-refractivity contribution in [2.45, 2.75) is 83.3 Å². The molecule has 27 nitrogen and oxygen atoms in total. The molecule has 5 N–H and O–H groups in total. The van der Waals surface area contributed by atoms with Crippen LogP contribution in [0.5, 0.6) is 0 Å². The van der Waals surface area contributed by atoms with Gasteiger partial charge in [0.15, 0.2) is 12.3 Å². The normalized spacial score (nSPS) is 18.1. The molecule has 0 radical (unpaired) electrons. The minimum atomic E-state index is -5.09. The second-order valence-electron chi connectivity index (χ2n) is 20.8. The van der Waals surface area contributed by atoms with Gasteiger partial charge in [-0.25, -0.2) is 4.79 Å². The Morgan fingerprint density at radius 1 is 0.609 bits per heavy atom. The summed E-state index contributed by atoms with van der Waals surface area (Å²) in [4.78, 5) is 38.6. The maximum absolute atomic E-state index is 12.7. The van der Waals surface area contributed by atoms with Gasteiger partial charge in [-0.15, -0.1) is 5.06 Å². The van der Waals surface area contributed by atoms with Crippen molar-refractivity contribution in [2.24, 2.45) is 0 Å². The molecule has 3 aliphatic heterocycles. The van der Waals surface area contributed by atoms with Gasteiger partial charge >= 0.3 is 5.97 Å². The predicted octanol–water partition coefficient (Wildman–Crippen LogP) is 5.06. The highest BCUT2D eigenvalue weighted by Crippen LogP contribution is 2.54. The fourth-order valence-corrected chi connectivity index (χ4v) is 13.9. The largest absolute Gasteiger partial charge is 0.383 e. The van der Waals surface area contributed by atoms with Crippen LogP contribution in [0.4, 0.5) is 11.4 Å². The van der Waals surface area contributed by atoms with Gasteiger partial charge < -0.3 is 33.4 Å². The van der Waals surface area contributed by atoms with E-state index in [1.165, 1.54) is 19.2 Å². The number of rotatable bonds is 31. The zero-order valence-electron chi connectivity index (χ0n) is 47.6. The van der Waals surface area contributed by atoms with Crippen molar-refractivity contribution in [1.29, 1.82) is 0 Å². The highest BCUT2D eigenvalue weighted by molar-refractivity contribution is 7.87. The lowest BCUT2D eigenvalue weighted by Crippen LogP contribution is -2.32. The molecule has 0 bridgehead atoms. The molecule has 0 aliphatic carbocycles. The molecule has 1 saturated heterocycles. The number of ether oxygens (including phenoxy) is 5. The molecule has 3 aliphatic rings. The Labute approximate surface area is 503 Å². The molecule has 0 aromatic heterocycles. The number of imide groups is 1. The lowest BCUT2D eigenvalue weighted by atomic mass is 9.75. The van der Waals surface area contributed by atoms with E-state index in [-0.39, 0.29) is 126 Å². The molecule has 1 unspecified atom stereocenters. The van der Waals surface area contributed by atoms with Crippen LogP contribution in [0.3, 0.4) is 0 Å². The lowest BCUT2D eigenvalue weighted by Gasteiger charge is -2.30. The number of nitrogens with zero attached hydrogens (tertiary/aromatic N) is 3. The summed E-state index contributed by atoms with van der Waals surface area (Å²) in [6.45, 7) is 7.04. The van der Waals surface area contributed by atoms with Gasteiger partial charge in [0.1, 0.15) is 16.4 Å². The molecule has 474 valence electrons. The van der Waals surface area contributed by atoms with Crippen molar-refractivity contribution in [3.63, 3.8) is 0 Å². The van der Waals surface area contributed by atoms with E-state index >= 15 is 0 Å². The van der Waals surface area contributed by atoms with Crippen molar-refractivity contribution in [2.75, 3.05) is 90.3 Å². The van der Waals surface area contributed by atoms with Gasteiger partial charge in [0.05, 0.1) is 80.2 Å². The number of amides is 2. The molecule has 0 saturated carbocycles. The molecule has 0 spiro atoms. The third kappa shape index (κ3) is 16.4. The molecule has 2 amide bonds. The summed E-state index contributed by atoms with van der Waals surface area (Å²) in [6, 6.07) is 9.46. The molecule has 7 rings (SSSR count). The first kappa shape index (κ1) is 68.3. The fourth-order valence-electron chi connectivity index (χ4n) is 10.8. The third-order valence-electron chi connectivity index (χ3n) is 14.6. The van der Waals surface area contributed by atoms with Crippen LogP contribution in [0.25, 0.3) is 21.5 Å². The van der Waals surface area contributed by atoms with Crippen LogP contribution >= 0.6 is 0 Å². The van der Waals surface area contributed by atoms with Gasteiger partial charge in [0.2, 0.25) is 5.69 Å². The summed E-state index contributed by atoms with van der Waals surface area (Å²) in [5.74, 6) is -2.61.